The van der Waals surface area contributed by atoms with Crippen LogP contribution >= 0.6 is 0 Å². The van der Waals surface area contributed by atoms with Crippen molar-refractivity contribution in [1.82, 2.24) is 0 Å². The number of hydrogen-bond donors (Lipinski definition) is 0. The zero-order valence-electron chi connectivity index (χ0n) is 43.5. The molecule has 0 amide bonds. The van der Waals surface area contributed by atoms with E-state index in [9.17, 15) is 14.4 Å². The van der Waals surface area contributed by atoms with Gasteiger partial charge in [-0.15, -0.1) is 0 Å². The molecular formula is C59H108O6. The molecule has 0 radical (unpaired) electrons. The maximum absolute atomic E-state index is 12.8. The van der Waals surface area contributed by atoms with Crippen LogP contribution in [0.2, 0.25) is 0 Å². The molecule has 0 saturated carbocycles. The summed E-state index contributed by atoms with van der Waals surface area (Å²) in [5.74, 6) is -0.871. The molecule has 0 N–H and O–H groups in total. The standard InChI is InChI=1S/C59H108O6/c1-4-7-10-13-16-19-21-23-25-27-29-31-33-35-37-40-43-46-49-52-58(61)64-55-56(54-63-57(60)51-48-45-42-39-18-15-12-9-6-3)65-59(62)53-50-47-44-41-38-36-34-32-30-28-26-24-22-20-17-14-11-8-5-2/h16,19,23,25,29,31,56H,4-15,17-18,20-22,24,26-28,30,32-55H2,1-3H3/b19-16-,25-23-,31-29-/t56-/m1/s1. The summed E-state index contributed by atoms with van der Waals surface area (Å²) in [7, 11) is 0. The van der Waals surface area contributed by atoms with Gasteiger partial charge in [-0.3, -0.25) is 14.4 Å². The minimum atomic E-state index is -0.772. The third kappa shape index (κ3) is 52.5. The van der Waals surface area contributed by atoms with E-state index in [1.54, 1.807) is 0 Å². The fraction of sp³-hybridized carbons (Fsp3) is 0.847. The van der Waals surface area contributed by atoms with E-state index in [-0.39, 0.29) is 31.1 Å². The number of ether oxygens (including phenoxy) is 3. The Morgan fingerprint density at radius 1 is 0.308 bits per heavy atom. The number of hydrogen-bond acceptors (Lipinski definition) is 6. The van der Waals surface area contributed by atoms with Crippen molar-refractivity contribution in [2.45, 2.75) is 309 Å². The van der Waals surface area contributed by atoms with Crippen LogP contribution in [-0.2, 0) is 28.6 Å². The molecule has 0 rings (SSSR count). The number of unbranched alkanes of at least 4 members (excludes halogenated alkanes) is 35. The minimum Gasteiger partial charge on any atom is -0.462 e. The van der Waals surface area contributed by atoms with E-state index in [4.69, 9.17) is 14.2 Å². The smallest absolute Gasteiger partial charge is 0.306 e. The summed E-state index contributed by atoms with van der Waals surface area (Å²) in [4.78, 5) is 38.0. The largest absolute Gasteiger partial charge is 0.462 e. The van der Waals surface area contributed by atoms with Crippen molar-refractivity contribution >= 4 is 17.9 Å². The average molecular weight is 914 g/mol. The maximum atomic E-state index is 12.8. The van der Waals surface area contributed by atoms with Gasteiger partial charge < -0.3 is 14.2 Å². The zero-order chi connectivity index (χ0) is 47.2. The van der Waals surface area contributed by atoms with Gasteiger partial charge in [0.25, 0.3) is 0 Å². The highest BCUT2D eigenvalue weighted by molar-refractivity contribution is 5.71. The van der Waals surface area contributed by atoms with Gasteiger partial charge in [0.1, 0.15) is 13.2 Å². The molecule has 0 bridgehead atoms. The highest BCUT2D eigenvalue weighted by atomic mass is 16.6. The van der Waals surface area contributed by atoms with Crippen molar-refractivity contribution in [2.24, 2.45) is 0 Å². The summed E-state index contributed by atoms with van der Waals surface area (Å²) >= 11 is 0. The van der Waals surface area contributed by atoms with Crippen LogP contribution < -0.4 is 0 Å². The monoisotopic (exact) mass is 913 g/mol. The van der Waals surface area contributed by atoms with Crippen molar-refractivity contribution < 1.29 is 28.6 Å². The van der Waals surface area contributed by atoms with E-state index in [0.717, 1.165) is 77.0 Å². The number of rotatable bonds is 52. The van der Waals surface area contributed by atoms with Gasteiger partial charge >= 0.3 is 17.9 Å². The van der Waals surface area contributed by atoms with Gasteiger partial charge in [-0.25, -0.2) is 0 Å². The van der Waals surface area contributed by atoms with Crippen LogP contribution in [0, 0.1) is 0 Å². The molecule has 0 aliphatic rings. The normalized spacial score (nSPS) is 12.2. The Balaban J connectivity index is 4.27. The number of esters is 3. The predicted molar refractivity (Wildman–Crippen MR) is 279 cm³/mol. The highest BCUT2D eigenvalue weighted by Gasteiger charge is 2.19. The van der Waals surface area contributed by atoms with Crippen LogP contribution in [0.15, 0.2) is 36.5 Å². The molecule has 0 aliphatic carbocycles. The van der Waals surface area contributed by atoms with Gasteiger partial charge in [-0.05, 0) is 57.8 Å². The van der Waals surface area contributed by atoms with Gasteiger partial charge in [-0.2, -0.15) is 0 Å². The molecule has 0 unspecified atom stereocenters. The summed E-state index contributed by atoms with van der Waals surface area (Å²) < 4.78 is 16.8. The molecule has 1 atom stereocenters. The van der Waals surface area contributed by atoms with Crippen molar-refractivity contribution in [3.63, 3.8) is 0 Å². The second kappa shape index (κ2) is 54.2. The van der Waals surface area contributed by atoms with Crippen molar-refractivity contribution in [1.29, 1.82) is 0 Å². The average Bonchev–Trinajstić information content (AvgIpc) is 3.30. The molecule has 380 valence electrons. The first-order valence-corrected chi connectivity index (χ1v) is 28.5. The zero-order valence-corrected chi connectivity index (χ0v) is 43.5. The highest BCUT2D eigenvalue weighted by Crippen LogP contribution is 2.17. The first-order chi connectivity index (χ1) is 32.0. The minimum absolute atomic E-state index is 0.0722. The van der Waals surface area contributed by atoms with Gasteiger partial charge in [0.15, 0.2) is 6.10 Å². The quantitative estimate of drug-likeness (QED) is 0.0262. The fourth-order valence-corrected chi connectivity index (χ4v) is 8.33. The molecule has 65 heavy (non-hydrogen) atoms. The molecule has 0 aromatic rings. The van der Waals surface area contributed by atoms with Crippen LogP contribution in [0.4, 0.5) is 0 Å². The molecule has 0 spiro atoms. The van der Waals surface area contributed by atoms with E-state index in [2.05, 4.69) is 57.2 Å². The van der Waals surface area contributed by atoms with Crippen molar-refractivity contribution in [3.05, 3.63) is 36.5 Å². The second-order valence-electron chi connectivity index (χ2n) is 19.2. The second-order valence-corrected chi connectivity index (χ2v) is 19.2. The van der Waals surface area contributed by atoms with Gasteiger partial charge in [0.05, 0.1) is 0 Å². The molecule has 0 fully saturated rings. The van der Waals surface area contributed by atoms with Crippen LogP contribution in [0.25, 0.3) is 0 Å². The third-order valence-corrected chi connectivity index (χ3v) is 12.6. The topological polar surface area (TPSA) is 78.9 Å². The number of allylic oxidation sites excluding steroid dienone is 6. The SMILES string of the molecule is CCCCC/C=C\C/C=C\C/C=C\CCCCCCCCC(=O)OC[C@@H](COC(=O)CCCCCCCCCCC)OC(=O)CCCCCCCCCCCCCCCCCCCCC. The summed E-state index contributed by atoms with van der Waals surface area (Å²) in [6, 6.07) is 0. The summed E-state index contributed by atoms with van der Waals surface area (Å²) in [6.45, 7) is 6.62. The van der Waals surface area contributed by atoms with Crippen LogP contribution in [0.3, 0.4) is 0 Å². The van der Waals surface area contributed by atoms with Crippen LogP contribution in [-0.4, -0.2) is 37.2 Å². The fourth-order valence-electron chi connectivity index (χ4n) is 8.33. The van der Waals surface area contributed by atoms with Gasteiger partial charge in [0, 0.05) is 19.3 Å². The number of carbonyl (C=O) groups excluding carboxylic acids is 3. The summed E-state index contributed by atoms with van der Waals surface area (Å²) in [5, 5.41) is 0. The molecule has 0 aromatic heterocycles. The van der Waals surface area contributed by atoms with E-state index < -0.39 is 6.10 Å². The number of carbonyl (C=O) groups is 3. The molecular weight excluding hydrogens is 805 g/mol. The van der Waals surface area contributed by atoms with E-state index >= 15 is 0 Å². The molecule has 0 heterocycles. The summed E-state index contributed by atoms with van der Waals surface area (Å²) in [6.07, 6.45) is 64.2. The Morgan fingerprint density at radius 2 is 0.554 bits per heavy atom. The Kier molecular flexibility index (Phi) is 52.3. The first kappa shape index (κ1) is 62.6. The van der Waals surface area contributed by atoms with Crippen molar-refractivity contribution in [2.75, 3.05) is 13.2 Å². The molecule has 0 aromatic carbocycles. The lowest BCUT2D eigenvalue weighted by molar-refractivity contribution is -0.167. The predicted octanol–water partition coefficient (Wildman–Crippen LogP) is 18.9. The lowest BCUT2D eigenvalue weighted by atomic mass is 10.0. The molecule has 6 heteroatoms. The summed E-state index contributed by atoms with van der Waals surface area (Å²) in [5.41, 5.74) is 0. The molecule has 6 nitrogen and oxygen atoms in total. The lowest BCUT2D eigenvalue weighted by Gasteiger charge is -2.18. The van der Waals surface area contributed by atoms with Gasteiger partial charge in [0.2, 0.25) is 0 Å². The Labute approximate surface area is 404 Å². The van der Waals surface area contributed by atoms with E-state index in [1.807, 2.05) is 0 Å². The first-order valence-electron chi connectivity index (χ1n) is 28.5. The molecule has 0 aliphatic heterocycles. The van der Waals surface area contributed by atoms with E-state index in [1.165, 1.54) is 186 Å². The van der Waals surface area contributed by atoms with E-state index in [0.29, 0.717) is 19.3 Å². The molecule has 0 saturated heterocycles. The third-order valence-electron chi connectivity index (χ3n) is 12.6. The Bertz CT molecular complexity index is 1090. The maximum Gasteiger partial charge on any atom is 0.306 e. The Hall–Kier alpha value is -2.37. The lowest BCUT2D eigenvalue weighted by Crippen LogP contribution is -2.30. The van der Waals surface area contributed by atoms with Crippen LogP contribution in [0.1, 0.15) is 303 Å². The van der Waals surface area contributed by atoms with Crippen LogP contribution in [0.5, 0.6) is 0 Å². The van der Waals surface area contributed by atoms with Gasteiger partial charge in [-0.1, -0.05) is 263 Å². The van der Waals surface area contributed by atoms with Crippen molar-refractivity contribution in [3.8, 4) is 0 Å². The Morgan fingerprint density at radius 3 is 0.892 bits per heavy atom.